The summed E-state index contributed by atoms with van der Waals surface area (Å²) in [6, 6.07) is 16.4. The number of aliphatic hydroxyl groups is 2. The molecular weight excluding hydrogens is 384 g/mol. The topological polar surface area (TPSA) is 69.1 Å². The van der Waals surface area contributed by atoms with E-state index >= 15 is 0 Å². The number of aryl methyl sites for hydroxylation is 1. The lowest BCUT2D eigenvalue weighted by Crippen LogP contribution is -1.97. The average Bonchev–Trinajstić information content (AvgIpc) is 3.21. The first-order valence-electron chi connectivity index (χ1n) is 11.8. The predicted molar refractivity (Wildman–Crippen MR) is 128 cm³/mol. The lowest BCUT2D eigenvalue weighted by Gasteiger charge is -2.11. The minimum atomic E-state index is 0.114. The summed E-state index contributed by atoms with van der Waals surface area (Å²) >= 11 is 0. The molecule has 4 nitrogen and oxygen atoms in total. The highest BCUT2D eigenvalue weighted by molar-refractivity contribution is 5.81. The normalized spacial score (nSPS) is 11.2. The number of aromatic nitrogens is 2. The third-order valence-corrected chi connectivity index (χ3v) is 5.84. The Morgan fingerprint density at radius 2 is 1.29 bits per heavy atom. The second-order valence-electron chi connectivity index (χ2n) is 8.19. The molecule has 0 bridgehead atoms. The summed E-state index contributed by atoms with van der Waals surface area (Å²) in [5.74, 6) is 1.01. The molecule has 3 rings (SSSR count). The first-order chi connectivity index (χ1) is 15.3. The second kappa shape index (κ2) is 12.4. The molecular formula is C27H36N2O2. The standard InChI is InChI=1S/C27H36N2O2/c1-2-3-4-5-6-7-16-25-28-26(23-14-10-8-12-21(23)17-19-30)27(29-25)24-15-11-9-13-22(24)18-20-31/h8-15,30-31H,2-7,16-20H2,1H3,(H,28,29). The first-order valence-corrected chi connectivity index (χ1v) is 11.8. The molecule has 1 heterocycles. The Labute approximate surface area is 186 Å². The molecule has 0 fully saturated rings. The van der Waals surface area contributed by atoms with Crippen molar-refractivity contribution in [3.8, 4) is 22.5 Å². The van der Waals surface area contributed by atoms with E-state index in [0.29, 0.717) is 12.8 Å². The fraction of sp³-hybridized carbons (Fsp3) is 0.444. The summed E-state index contributed by atoms with van der Waals surface area (Å²) in [5, 5.41) is 19.1. The molecule has 0 radical (unpaired) electrons. The van der Waals surface area contributed by atoms with Crippen LogP contribution in [0.3, 0.4) is 0 Å². The van der Waals surface area contributed by atoms with E-state index in [2.05, 4.69) is 36.2 Å². The van der Waals surface area contributed by atoms with Crippen molar-refractivity contribution in [2.45, 2.75) is 64.7 Å². The maximum atomic E-state index is 9.55. The summed E-state index contributed by atoms with van der Waals surface area (Å²) < 4.78 is 0. The van der Waals surface area contributed by atoms with Crippen LogP contribution >= 0.6 is 0 Å². The number of aliphatic hydroxyl groups excluding tert-OH is 2. The van der Waals surface area contributed by atoms with Crippen molar-refractivity contribution in [2.75, 3.05) is 13.2 Å². The molecule has 0 saturated carbocycles. The molecule has 2 aromatic carbocycles. The summed E-state index contributed by atoms with van der Waals surface area (Å²) in [4.78, 5) is 8.65. The predicted octanol–water partition coefficient (Wildman–Crippen LogP) is 5.72. The minimum Gasteiger partial charge on any atom is -0.396 e. The lowest BCUT2D eigenvalue weighted by atomic mass is 9.95. The van der Waals surface area contributed by atoms with Gasteiger partial charge < -0.3 is 15.2 Å². The molecule has 31 heavy (non-hydrogen) atoms. The number of hydrogen-bond acceptors (Lipinski definition) is 3. The van der Waals surface area contributed by atoms with Crippen LogP contribution in [-0.2, 0) is 19.3 Å². The highest BCUT2D eigenvalue weighted by Gasteiger charge is 2.18. The third kappa shape index (κ3) is 6.28. The van der Waals surface area contributed by atoms with Crippen molar-refractivity contribution < 1.29 is 10.2 Å². The van der Waals surface area contributed by atoms with Crippen LogP contribution in [0, 0.1) is 0 Å². The summed E-state index contributed by atoms with van der Waals surface area (Å²) in [6.07, 6.45) is 9.70. The van der Waals surface area contributed by atoms with Gasteiger partial charge in [-0.05, 0) is 30.4 Å². The fourth-order valence-corrected chi connectivity index (χ4v) is 4.20. The van der Waals surface area contributed by atoms with Gasteiger partial charge in [-0.1, -0.05) is 87.6 Å². The first kappa shape index (κ1) is 23.2. The van der Waals surface area contributed by atoms with Crippen LogP contribution < -0.4 is 0 Å². The zero-order valence-electron chi connectivity index (χ0n) is 18.7. The quantitative estimate of drug-likeness (QED) is 0.310. The third-order valence-electron chi connectivity index (χ3n) is 5.84. The molecule has 0 amide bonds. The molecule has 3 aromatic rings. The number of hydrogen-bond donors (Lipinski definition) is 3. The number of imidazole rings is 1. The monoisotopic (exact) mass is 420 g/mol. The fourth-order valence-electron chi connectivity index (χ4n) is 4.20. The van der Waals surface area contributed by atoms with Gasteiger partial charge in [-0.15, -0.1) is 0 Å². The second-order valence-corrected chi connectivity index (χ2v) is 8.19. The van der Waals surface area contributed by atoms with Crippen LogP contribution in [0.4, 0.5) is 0 Å². The van der Waals surface area contributed by atoms with Crippen LogP contribution in [-0.4, -0.2) is 33.4 Å². The summed E-state index contributed by atoms with van der Waals surface area (Å²) in [6.45, 7) is 2.48. The molecule has 0 aliphatic carbocycles. The van der Waals surface area contributed by atoms with E-state index in [1.54, 1.807) is 0 Å². The van der Waals surface area contributed by atoms with Gasteiger partial charge in [0.2, 0.25) is 0 Å². The van der Waals surface area contributed by atoms with Crippen LogP contribution in [0.2, 0.25) is 0 Å². The molecule has 1 aromatic heterocycles. The van der Waals surface area contributed by atoms with Crippen molar-refractivity contribution in [3.05, 3.63) is 65.5 Å². The number of nitrogens with one attached hydrogen (secondary N) is 1. The van der Waals surface area contributed by atoms with E-state index < -0.39 is 0 Å². The Bertz CT molecular complexity index is 865. The molecule has 0 aliphatic heterocycles. The van der Waals surface area contributed by atoms with E-state index in [1.807, 2.05) is 24.3 Å². The van der Waals surface area contributed by atoms with E-state index in [4.69, 9.17) is 4.98 Å². The van der Waals surface area contributed by atoms with Crippen molar-refractivity contribution in [1.29, 1.82) is 0 Å². The molecule has 3 N–H and O–H groups in total. The Hall–Kier alpha value is -2.43. The van der Waals surface area contributed by atoms with Crippen LogP contribution in [0.15, 0.2) is 48.5 Å². The Kier molecular flexibility index (Phi) is 9.32. The van der Waals surface area contributed by atoms with Gasteiger partial charge in [0.05, 0.1) is 11.4 Å². The highest BCUT2D eigenvalue weighted by Crippen LogP contribution is 2.34. The van der Waals surface area contributed by atoms with Gasteiger partial charge in [0.15, 0.2) is 0 Å². The van der Waals surface area contributed by atoms with Crippen molar-refractivity contribution in [2.24, 2.45) is 0 Å². The number of benzene rings is 2. The Balaban J connectivity index is 1.94. The molecule has 0 aliphatic rings. The maximum absolute atomic E-state index is 9.55. The van der Waals surface area contributed by atoms with Crippen LogP contribution in [0.25, 0.3) is 22.5 Å². The van der Waals surface area contributed by atoms with Crippen molar-refractivity contribution >= 4 is 0 Å². The van der Waals surface area contributed by atoms with Gasteiger partial charge in [-0.25, -0.2) is 4.98 Å². The molecule has 4 heteroatoms. The van der Waals surface area contributed by atoms with Gasteiger partial charge in [-0.2, -0.15) is 0 Å². The number of rotatable bonds is 13. The zero-order chi connectivity index (χ0) is 21.9. The number of nitrogens with zero attached hydrogens (tertiary/aromatic N) is 1. The number of unbranched alkanes of at least 4 members (excludes halogenated alkanes) is 5. The van der Waals surface area contributed by atoms with Crippen molar-refractivity contribution in [1.82, 2.24) is 9.97 Å². The Morgan fingerprint density at radius 1 is 0.710 bits per heavy atom. The van der Waals surface area contributed by atoms with Crippen LogP contribution in [0.5, 0.6) is 0 Å². The lowest BCUT2D eigenvalue weighted by molar-refractivity contribution is 0.299. The van der Waals surface area contributed by atoms with Gasteiger partial charge in [0, 0.05) is 30.8 Å². The SMILES string of the molecule is CCCCCCCCc1nc(-c2ccccc2CCO)c(-c2ccccc2CCO)[nH]1. The zero-order valence-corrected chi connectivity index (χ0v) is 18.7. The molecule has 166 valence electrons. The highest BCUT2D eigenvalue weighted by atomic mass is 16.3. The minimum absolute atomic E-state index is 0.114. The van der Waals surface area contributed by atoms with Gasteiger partial charge >= 0.3 is 0 Å². The van der Waals surface area contributed by atoms with E-state index in [-0.39, 0.29) is 13.2 Å². The average molecular weight is 421 g/mol. The van der Waals surface area contributed by atoms with Gasteiger partial charge in [0.25, 0.3) is 0 Å². The molecule has 0 saturated heterocycles. The maximum Gasteiger partial charge on any atom is 0.107 e. The van der Waals surface area contributed by atoms with Gasteiger partial charge in [0.1, 0.15) is 5.82 Å². The summed E-state index contributed by atoms with van der Waals surface area (Å²) in [5.41, 5.74) is 6.32. The molecule has 0 spiro atoms. The smallest absolute Gasteiger partial charge is 0.107 e. The largest absolute Gasteiger partial charge is 0.396 e. The van der Waals surface area contributed by atoms with E-state index in [9.17, 15) is 10.2 Å². The van der Waals surface area contributed by atoms with E-state index in [0.717, 1.165) is 52.3 Å². The molecule has 0 atom stereocenters. The summed E-state index contributed by atoms with van der Waals surface area (Å²) in [7, 11) is 0. The van der Waals surface area contributed by atoms with Crippen molar-refractivity contribution in [3.63, 3.8) is 0 Å². The Morgan fingerprint density at radius 3 is 1.97 bits per heavy atom. The number of aromatic amines is 1. The number of H-pyrrole nitrogens is 1. The van der Waals surface area contributed by atoms with Crippen LogP contribution in [0.1, 0.15) is 62.4 Å². The van der Waals surface area contributed by atoms with Gasteiger partial charge in [-0.3, -0.25) is 0 Å². The van der Waals surface area contributed by atoms with E-state index in [1.165, 1.54) is 32.1 Å². The molecule has 0 unspecified atom stereocenters.